The summed E-state index contributed by atoms with van der Waals surface area (Å²) in [6.07, 6.45) is 3.52. The zero-order valence-corrected chi connectivity index (χ0v) is 13.7. The summed E-state index contributed by atoms with van der Waals surface area (Å²) in [5.41, 5.74) is 0.898. The van der Waals surface area contributed by atoms with Gasteiger partial charge in [0.2, 0.25) is 10.0 Å². The third kappa shape index (κ3) is 2.75. The molecule has 2 aromatic heterocycles. The van der Waals surface area contributed by atoms with Gasteiger partial charge in [-0.1, -0.05) is 11.3 Å². The zero-order valence-electron chi connectivity index (χ0n) is 12.1. The van der Waals surface area contributed by atoms with Crippen LogP contribution in [-0.2, 0) is 10.0 Å². The maximum Gasteiger partial charge on any atom is 0.216 e. The Kier molecular flexibility index (Phi) is 3.85. The van der Waals surface area contributed by atoms with Crippen molar-refractivity contribution in [3.8, 4) is 0 Å². The van der Waals surface area contributed by atoms with E-state index in [0.29, 0.717) is 26.2 Å². The van der Waals surface area contributed by atoms with Crippen molar-refractivity contribution in [3.63, 3.8) is 0 Å². The van der Waals surface area contributed by atoms with Crippen molar-refractivity contribution < 1.29 is 8.42 Å². The molecule has 1 saturated heterocycles. The second-order valence-electron chi connectivity index (χ2n) is 5.32. The summed E-state index contributed by atoms with van der Waals surface area (Å²) in [6.45, 7) is 5.85. The fraction of sp³-hybridized carbons (Fsp3) is 0.538. The van der Waals surface area contributed by atoms with Gasteiger partial charge in [-0.15, -0.1) is 0 Å². The standard InChI is InChI=1S/C13H18N4O2S2/c1-10(2)21(18,19)17-7-5-16(6-8-17)13-15-11-9-14-4-3-12(11)20-13/h3-4,9-10H,5-8H2,1-2H3. The van der Waals surface area contributed by atoms with Crippen LogP contribution in [0.15, 0.2) is 18.5 Å². The highest BCUT2D eigenvalue weighted by atomic mass is 32.2. The van der Waals surface area contributed by atoms with E-state index < -0.39 is 10.0 Å². The van der Waals surface area contributed by atoms with Gasteiger partial charge < -0.3 is 4.90 Å². The summed E-state index contributed by atoms with van der Waals surface area (Å²) < 4.78 is 27.0. The quantitative estimate of drug-likeness (QED) is 0.856. The molecule has 0 spiro atoms. The molecular formula is C13H18N4O2S2. The van der Waals surface area contributed by atoms with Gasteiger partial charge in [-0.05, 0) is 19.9 Å². The van der Waals surface area contributed by atoms with Crippen molar-refractivity contribution in [2.75, 3.05) is 31.1 Å². The van der Waals surface area contributed by atoms with Gasteiger partial charge in [-0.25, -0.2) is 13.4 Å². The molecule has 0 amide bonds. The van der Waals surface area contributed by atoms with Gasteiger partial charge in [0.05, 0.1) is 16.1 Å². The number of piperazine rings is 1. The number of fused-ring (bicyclic) bond motifs is 1. The normalized spacial score (nSPS) is 17.8. The maximum atomic E-state index is 12.2. The summed E-state index contributed by atoms with van der Waals surface area (Å²) in [7, 11) is -3.15. The van der Waals surface area contributed by atoms with E-state index in [1.165, 1.54) is 0 Å². The molecule has 3 rings (SSSR count). The van der Waals surface area contributed by atoms with Crippen LogP contribution in [0.1, 0.15) is 13.8 Å². The van der Waals surface area contributed by atoms with Gasteiger partial charge in [-0.2, -0.15) is 4.31 Å². The molecule has 1 fully saturated rings. The lowest BCUT2D eigenvalue weighted by molar-refractivity contribution is 0.381. The average molecular weight is 326 g/mol. The van der Waals surface area contributed by atoms with Gasteiger partial charge in [0.25, 0.3) is 0 Å². The first-order valence-corrected chi connectivity index (χ1v) is 9.25. The van der Waals surface area contributed by atoms with Gasteiger partial charge in [0.1, 0.15) is 5.52 Å². The molecule has 1 aliphatic rings. The third-order valence-corrected chi connectivity index (χ3v) is 7.02. The molecule has 8 heteroatoms. The third-order valence-electron chi connectivity index (χ3n) is 3.64. The number of pyridine rings is 1. The number of hydrogen-bond acceptors (Lipinski definition) is 6. The molecule has 21 heavy (non-hydrogen) atoms. The summed E-state index contributed by atoms with van der Waals surface area (Å²) in [6, 6.07) is 1.95. The molecule has 0 N–H and O–H groups in total. The van der Waals surface area contributed by atoms with E-state index >= 15 is 0 Å². The van der Waals surface area contributed by atoms with Crippen molar-refractivity contribution in [1.29, 1.82) is 0 Å². The predicted octanol–water partition coefficient (Wildman–Crippen LogP) is 1.55. The Bertz CT molecular complexity index is 700. The number of anilines is 1. The van der Waals surface area contributed by atoms with Crippen LogP contribution in [0.5, 0.6) is 0 Å². The Morgan fingerprint density at radius 3 is 2.57 bits per heavy atom. The highest BCUT2D eigenvalue weighted by Gasteiger charge is 2.30. The molecule has 0 unspecified atom stereocenters. The van der Waals surface area contributed by atoms with Crippen LogP contribution < -0.4 is 4.90 Å². The molecule has 114 valence electrons. The summed E-state index contributed by atoms with van der Waals surface area (Å²) in [4.78, 5) is 10.8. The molecule has 0 aliphatic carbocycles. The van der Waals surface area contributed by atoms with Crippen molar-refractivity contribution in [3.05, 3.63) is 18.5 Å². The Morgan fingerprint density at radius 1 is 1.24 bits per heavy atom. The minimum Gasteiger partial charge on any atom is -0.345 e. The number of aromatic nitrogens is 2. The molecule has 0 atom stereocenters. The minimum atomic E-state index is -3.15. The monoisotopic (exact) mass is 326 g/mol. The average Bonchev–Trinajstić information content (AvgIpc) is 2.91. The number of nitrogens with zero attached hydrogens (tertiary/aromatic N) is 4. The van der Waals surface area contributed by atoms with E-state index in [-0.39, 0.29) is 5.25 Å². The van der Waals surface area contributed by atoms with E-state index in [1.807, 2.05) is 6.07 Å². The van der Waals surface area contributed by atoms with Gasteiger partial charge in [0, 0.05) is 32.4 Å². The minimum absolute atomic E-state index is 0.363. The van der Waals surface area contributed by atoms with Crippen LogP contribution in [-0.4, -0.2) is 54.1 Å². The van der Waals surface area contributed by atoms with Crippen molar-refractivity contribution >= 4 is 36.7 Å². The second-order valence-corrected chi connectivity index (χ2v) is 8.82. The van der Waals surface area contributed by atoms with Gasteiger partial charge >= 0.3 is 0 Å². The van der Waals surface area contributed by atoms with Crippen molar-refractivity contribution in [1.82, 2.24) is 14.3 Å². The Hall–Kier alpha value is -1.25. The van der Waals surface area contributed by atoms with E-state index in [0.717, 1.165) is 15.3 Å². The SMILES string of the molecule is CC(C)S(=O)(=O)N1CCN(c2nc3cnccc3s2)CC1. The second kappa shape index (κ2) is 5.51. The highest BCUT2D eigenvalue weighted by Crippen LogP contribution is 2.29. The summed E-state index contributed by atoms with van der Waals surface area (Å²) in [5, 5.41) is 0.581. The first-order chi connectivity index (χ1) is 9.98. The lowest BCUT2D eigenvalue weighted by Crippen LogP contribution is -2.50. The van der Waals surface area contributed by atoms with E-state index in [2.05, 4.69) is 14.9 Å². The molecule has 2 aromatic rings. The van der Waals surface area contributed by atoms with Gasteiger partial charge in [-0.3, -0.25) is 4.98 Å². The zero-order chi connectivity index (χ0) is 15.0. The van der Waals surface area contributed by atoms with Crippen LogP contribution in [0.3, 0.4) is 0 Å². The molecular weight excluding hydrogens is 308 g/mol. The number of rotatable bonds is 3. The Morgan fingerprint density at radius 2 is 1.95 bits per heavy atom. The topological polar surface area (TPSA) is 66.4 Å². The molecule has 6 nitrogen and oxygen atoms in total. The molecule has 0 radical (unpaired) electrons. The fourth-order valence-electron chi connectivity index (χ4n) is 2.34. The lowest BCUT2D eigenvalue weighted by Gasteiger charge is -2.34. The molecule has 0 saturated carbocycles. The van der Waals surface area contributed by atoms with E-state index in [1.54, 1.807) is 41.9 Å². The number of sulfonamides is 1. The maximum absolute atomic E-state index is 12.2. The Balaban J connectivity index is 1.74. The first-order valence-electron chi connectivity index (χ1n) is 6.93. The van der Waals surface area contributed by atoms with Gasteiger partial charge in [0.15, 0.2) is 5.13 Å². The first kappa shape index (κ1) is 14.7. The van der Waals surface area contributed by atoms with E-state index in [9.17, 15) is 8.42 Å². The van der Waals surface area contributed by atoms with Crippen molar-refractivity contribution in [2.24, 2.45) is 0 Å². The van der Waals surface area contributed by atoms with Crippen molar-refractivity contribution in [2.45, 2.75) is 19.1 Å². The number of hydrogen-bond donors (Lipinski definition) is 0. The molecule has 3 heterocycles. The molecule has 1 aliphatic heterocycles. The smallest absolute Gasteiger partial charge is 0.216 e. The molecule has 0 bridgehead atoms. The summed E-state index contributed by atoms with van der Waals surface area (Å²) >= 11 is 1.63. The predicted molar refractivity (Wildman–Crippen MR) is 85.3 cm³/mol. The van der Waals surface area contributed by atoms with Crippen LogP contribution in [0.4, 0.5) is 5.13 Å². The lowest BCUT2D eigenvalue weighted by atomic mass is 10.4. The van der Waals surface area contributed by atoms with Crippen LogP contribution in [0.2, 0.25) is 0 Å². The van der Waals surface area contributed by atoms with Crippen LogP contribution in [0.25, 0.3) is 10.2 Å². The molecule has 0 aromatic carbocycles. The van der Waals surface area contributed by atoms with Crippen LogP contribution >= 0.6 is 11.3 Å². The fourth-order valence-corrected chi connectivity index (χ4v) is 4.59. The highest BCUT2D eigenvalue weighted by molar-refractivity contribution is 7.89. The summed E-state index contributed by atoms with van der Waals surface area (Å²) in [5.74, 6) is 0. The Labute approximate surface area is 128 Å². The van der Waals surface area contributed by atoms with Crippen LogP contribution in [0, 0.1) is 0 Å². The number of thiazole rings is 1. The van der Waals surface area contributed by atoms with E-state index in [4.69, 9.17) is 0 Å². The largest absolute Gasteiger partial charge is 0.345 e.